The highest BCUT2D eigenvalue weighted by molar-refractivity contribution is 5.84. The average Bonchev–Trinajstić information content (AvgIpc) is 2.57. The molecule has 2 atom stereocenters. The molecule has 1 saturated heterocycles. The molecule has 1 aliphatic rings. The standard InChI is InChI=1S/C17H18N2O5/c1-18-14-5-3-2-4-11(14)12(8-15(18)20)10-6-7-19(17(23)24)9-13(10)16(21)22/h2-5,8,10,13H,6-7,9H2,1H3,(H,21,22)(H,23,24). The first-order valence-corrected chi connectivity index (χ1v) is 7.69. The Morgan fingerprint density at radius 2 is 1.92 bits per heavy atom. The van der Waals surface area contributed by atoms with Gasteiger partial charge in [-0.25, -0.2) is 4.79 Å². The molecule has 1 aromatic heterocycles. The van der Waals surface area contributed by atoms with E-state index in [0.29, 0.717) is 12.0 Å². The molecule has 1 fully saturated rings. The van der Waals surface area contributed by atoms with Gasteiger partial charge in [-0.3, -0.25) is 9.59 Å². The highest BCUT2D eigenvalue weighted by Crippen LogP contribution is 2.36. The first kappa shape index (κ1) is 16.0. The predicted molar refractivity (Wildman–Crippen MR) is 87.3 cm³/mol. The molecular formula is C17H18N2O5. The lowest BCUT2D eigenvalue weighted by Crippen LogP contribution is -2.45. The van der Waals surface area contributed by atoms with Crippen LogP contribution < -0.4 is 5.56 Å². The summed E-state index contributed by atoms with van der Waals surface area (Å²) in [4.78, 5) is 36.2. The van der Waals surface area contributed by atoms with Crippen LogP contribution in [0.25, 0.3) is 10.9 Å². The minimum absolute atomic E-state index is 0.0706. The van der Waals surface area contributed by atoms with E-state index in [4.69, 9.17) is 5.11 Å². The highest BCUT2D eigenvalue weighted by atomic mass is 16.4. The Bertz CT molecular complexity index is 873. The lowest BCUT2D eigenvalue weighted by molar-refractivity contribution is -0.144. The molecule has 1 amide bonds. The van der Waals surface area contributed by atoms with Gasteiger partial charge in [-0.2, -0.15) is 0 Å². The Morgan fingerprint density at radius 1 is 1.21 bits per heavy atom. The van der Waals surface area contributed by atoms with Crippen molar-refractivity contribution in [3.05, 3.63) is 46.2 Å². The summed E-state index contributed by atoms with van der Waals surface area (Å²) in [5.41, 5.74) is 1.23. The number of rotatable bonds is 2. The van der Waals surface area contributed by atoms with E-state index < -0.39 is 23.9 Å². The predicted octanol–water partition coefficient (Wildman–Crippen LogP) is 1.71. The maximum atomic E-state index is 12.3. The Kier molecular flexibility index (Phi) is 4.01. The summed E-state index contributed by atoms with van der Waals surface area (Å²) in [5, 5.41) is 19.5. The zero-order valence-electron chi connectivity index (χ0n) is 13.2. The average molecular weight is 330 g/mol. The summed E-state index contributed by atoms with van der Waals surface area (Å²) in [6.45, 7) is 0.187. The number of para-hydroxylation sites is 1. The number of likely N-dealkylation sites (tertiary alicyclic amines) is 1. The van der Waals surface area contributed by atoms with E-state index in [2.05, 4.69) is 0 Å². The molecule has 2 aromatic rings. The number of nitrogens with zero attached hydrogens (tertiary/aromatic N) is 2. The smallest absolute Gasteiger partial charge is 0.407 e. The monoisotopic (exact) mass is 330 g/mol. The highest BCUT2D eigenvalue weighted by Gasteiger charge is 2.37. The van der Waals surface area contributed by atoms with Crippen molar-refractivity contribution >= 4 is 23.0 Å². The molecule has 7 nitrogen and oxygen atoms in total. The van der Waals surface area contributed by atoms with E-state index in [-0.39, 0.29) is 18.6 Å². The number of carboxylic acids is 1. The fourth-order valence-corrected chi connectivity index (χ4v) is 3.49. The number of pyridine rings is 1. The second-order valence-corrected chi connectivity index (χ2v) is 6.08. The number of carboxylic acid groups (broad SMARTS) is 2. The second kappa shape index (κ2) is 5.99. The van der Waals surface area contributed by atoms with E-state index in [1.165, 1.54) is 10.6 Å². The van der Waals surface area contributed by atoms with Gasteiger partial charge in [-0.1, -0.05) is 18.2 Å². The first-order valence-electron chi connectivity index (χ1n) is 7.69. The van der Waals surface area contributed by atoms with E-state index in [1.54, 1.807) is 7.05 Å². The fraction of sp³-hybridized carbons (Fsp3) is 0.353. The molecule has 3 rings (SSSR count). The fourth-order valence-electron chi connectivity index (χ4n) is 3.49. The van der Waals surface area contributed by atoms with Crippen LogP contribution in [0.2, 0.25) is 0 Å². The van der Waals surface area contributed by atoms with Crippen molar-refractivity contribution in [2.24, 2.45) is 13.0 Å². The van der Waals surface area contributed by atoms with Gasteiger partial charge in [0.2, 0.25) is 0 Å². The molecule has 126 valence electrons. The maximum absolute atomic E-state index is 12.3. The second-order valence-electron chi connectivity index (χ2n) is 6.08. The van der Waals surface area contributed by atoms with Gasteiger partial charge >= 0.3 is 12.1 Å². The molecular weight excluding hydrogens is 312 g/mol. The van der Waals surface area contributed by atoms with Gasteiger partial charge in [-0.05, 0) is 18.1 Å². The minimum Gasteiger partial charge on any atom is -0.481 e. The van der Waals surface area contributed by atoms with Gasteiger partial charge in [0.15, 0.2) is 0 Å². The maximum Gasteiger partial charge on any atom is 0.407 e. The molecule has 0 bridgehead atoms. The number of hydrogen-bond donors (Lipinski definition) is 2. The van der Waals surface area contributed by atoms with Crippen LogP contribution in [0.15, 0.2) is 35.1 Å². The van der Waals surface area contributed by atoms with Crippen LogP contribution in [0.4, 0.5) is 4.79 Å². The Balaban J connectivity index is 2.12. The van der Waals surface area contributed by atoms with Gasteiger partial charge in [0.25, 0.3) is 5.56 Å². The van der Waals surface area contributed by atoms with E-state index in [0.717, 1.165) is 15.8 Å². The molecule has 0 radical (unpaired) electrons. The minimum atomic E-state index is -1.12. The number of aliphatic carboxylic acids is 1. The molecule has 0 spiro atoms. The zero-order valence-corrected chi connectivity index (χ0v) is 13.2. The van der Waals surface area contributed by atoms with Gasteiger partial charge in [0, 0.05) is 37.5 Å². The molecule has 0 saturated carbocycles. The van der Waals surface area contributed by atoms with Crippen LogP contribution in [-0.4, -0.2) is 44.8 Å². The normalized spacial score (nSPS) is 21.0. The number of piperidine rings is 1. The number of aromatic nitrogens is 1. The summed E-state index contributed by atoms with van der Waals surface area (Å²) >= 11 is 0. The third-order valence-electron chi connectivity index (χ3n) is 4.79. The molecule has 2 heterocycles. The topological polar surface area (TPSA) is 99.8 Å². The van der Waals surface area contributed by atoms with Gasteiger partial charge in [0.05, 0.1) is 11.4 Å². The lowest BCUT2D eigenvalue weighted by atomic mass is 9.79. The van der Waals surface area contributed by atoms with Crippen LogP contribution in [0.1, 0.15) is 17.9 Å². The Hall–Kier alpha value is -2.83. The third-order valence-corrected chi connectivity index (χ3v) is 4.79. The number of fused-ring (bicyclic) bond motifs is 1. The molecule has 1 aliphatic heterocycles. The SMILES string of the molecule is Cn1c(=O)cc(C2CCN(C(=O)O)CC2C(=O)O)c2ccccc21. The molecule has 2 N–H and O–H groups in total. The summed E-state index contributed by atoms with van der Waals surface area (Å²) < 4.78 is 1.53. The molecule has 2 unspecified atom stereocenters. The van der Waals surface area contributed by atoms with E-state index in [1.807, 2.05) is 24.3 Å². The quantitative estimate of drug-likeness (QED) is 0.873. The zero-order chi connectivity index (χ0) is 17.4. The van der Waals surface area contributed by atoms with Crippen molar-refractivity contribution < 1.29 is 19.8 Å². The lowest BCUT2D eigenvalue weighted by Gasteiger charge is -2.35. The van der Waals surface area contributed by atoms with Crippen molar-refractivity contribution in [1.82, 2.24) is 9.47 Å². The van der Waals surface area contributed by atoms with Gasteiger partial charge in [-0.15, -0.1) is 0 Å². The number of benzene rings is 1. The summed E-state index contributed by atoms with van der Waals surface area (Å²) in [5.74, 6) is -2.31. The van der Waals surface area contributed by atoms with Crippen molar-refractivity contribution in [1.29, 1.82) is 0 Å². The van der Waals surface area contributed by atoms with Crippen LogP contribution >= 0.6 is 0 Å². The molecule has 1 aromatic carbocycles. The van der Waals surface area contributed by atoms with Crippen LogP contribution in [0.5, 0.6) is 0 Å². The van der Waals surface area contributed by atoms with Crippen LogP contribution in [0, 0.1) is 5.92 Å². The third kappa shape index (κ3) is 2.62. The largest absolute Gasteiger partial charge is 0.481 e. The molecule has 7 heteroatoms. The van der Waals surface area contributed by atoms with Crippen molar-refractivity contribution in [3.8, 4) is 0 Å². The Labute approximate surface area is 137 Å². The van der Waals surface area contributed by atoms with Crippen molar-refractivity contribution in [2.75, 3.05) is 13.1 Å². The van der Waals surface area contributed by atoms with Gasteiger partial charge in [0.1, 0.15) is 0 Å². The number of amides is 1. The summed E-state index contributed by atoms with van der Waals surface area (Å²) in [6.07, 6.45) is -0.742. The Morgan fingerprint density at radius 3 is 2.58 bits per heavy atom. The molecule has 0 aliphatic carbocycles. The molecule has 24 heavy (non-hydrogen) atoms. The first-order chi connectivity index (χ1) is 11.4. The number of aryl methyl sites for hydroxylation is 1. The van der Waals surface area contributed by atoms with E-state index >= 15 is 0 Å². The number of carbonyl (C=O) groups is 2. The summed E-state index contributed by atoms with van der Waals surface area (Å²) in [6, 6.07) is 8.85. The van der Waals surface area contributed by atoms with Gasteiger partial charge < -0.3 is 19.7 Å². The number of hydrogen-bond acceptors (Lipinski definition) is 3. The summed E-state index contributed by atoms with van der Waals surface area (Å²) in [7, 11) is 1.68. The van der Waals surface area contributed by atoms with Crippen LogP contribution in [-0.2, 0) is 11.8 Å². The van der Waals surface area contributed by atoms with E-state index in [9.17, 15) is 19.5 Å². The van der Waals surface area contributed by atoms with Crippen molar-refractivity contribution in [3.63, 3.8) is 0 Å². The van der Waals surface area contributed by atoms with Crippen LogP contribution in [0.3, 0.4) is 0 Å². The van der Waals surface area contributed by atoms with Crippen molar-refractivity contribution in [2.45, 2.75) is 12.3 Å².